The summed E-state index contributed by atoms with van der Waals surface area (Å²) in [6.45, 7) is 4.49. The van der Waals surface area contributed by atoms with Crippen LogP contribution >= 0.6 is 0 Å². The average Bonchev–Trinajstić information content (AvgIpc) is 2.48. The van der Waals surface area contributed by atoms with Crippen molar-refractivity contribution >= 4 is 11.8 Å². The maximum Gasteiger partial charge on any atom is 0.358 e. The minimum absolute atomic E-state index is 0.243. The maximum atomic E-state index is 11.4. The molecule has 1 aliphatic rings. The molecule has 0 unspecified atom stereocenters. The van der Waals surface area contributed by atoms with Gasteiger partial charge in [0.25, 0.3) is 0 Å². The van der Waals surface area contributed by atoms with E-state index >= 15 is 0 Å². The van der Waals surface area contributed by atoms with Crippen LogP contribution in [0.15, 0.2) is 12.4 Å². The zero-order chi connectivity index (χ0) is 13.7. The van der Waals surface area contributed by atoms with Gasteiger partial charge in [-0.25, -0.2) is 9.78 Å². The van der Waals surface area contributed by atoms with E-state index in [2.05, 4.69) is 19.6 Å². The molecule has 2 heterocycles. The molecular formula is C13H19N3O3. The molecule has 0 bridgehead atoms. The number of carbonyl (C=O) groups excluding carboxylic acids is 1. The molecule has 1 fully saturated rings. The number of aromatic nitrogens is 2. The molecule has 6 heteroatoms. The van der Waals surface area contributed by atoms with E-state index in [4.69, 9.17) is 4.74 Å². The maximum absolute atomic E-state index is 11.4. The Kier molecular flexibility index (Phi) is 4.68. The van der Waals surface area contributed by atoms with Crippen molar-refractivity contribution in [2.45, 2.75) is 25.9 Å². The Hall–Kier alpha value is -1.69. The van der Waals surface area contributed by atoms with E-state index in [0.29, 0.717) is 6.10 Å². The molecule has 0 radical (unpaired) electrons. The molecule has 104 valence electrons. The van der Waals surface area contributed by atoms with Crippen molar-refractivity contribution in [2.75, 3.05) is 31.7 Å². The Morgan fingerprint density at radius 3 is 2.79 bits per heavy atom. The number of esters is 1. The first-order valence-corrected chi connectivity index (χ1v) is 6.51. The number of ether oxygens (including phenoxy) is 2. The normalized spacial score (nSPS) is 16.4. The molecular weight excluding hydrogens is 246 g/mol. The second kappa shape index (κ2) is 6.47. The van der Waals surface area contributed by atoms with Crippen LogP contribution in [-0.2, 0) is 9.47 Å². The topological polar surface area (TPSA) is 64.5 Å². The predicted molar refractivity (Wildman–Crippen MR) is 70.2 cm³/mol. The van der Waals surface area contributed by atoms with Gasteiger partial charge in [0.1, 0.15) is 5.82 Å². The fraction of sp³-hybridized carbons (Fsp3) is 0.615. The van der Waals surface area contributed by atoms with Crippen molar-refractivity contribution in [2.24, 2.45) is 0 Å². The number of methoxy groups -OCH3 is 1. The van der Waals surface area contributed by atoms with Crippen molar-refractivity contribution in [3.05, 3.63) is 18.1 Å². The smallest absolute Gasteiger partial charge is 0.358 e. The van der Waals surface area contributed by atoms with E-state index in [1.165, 1.54) is 13.3 Å². The van der Waals surface area contributed by atoms with E-state index in [0.717, 1.165) is 38.4 Å². The number of hydrogen-bond donors (Lipinski definition) is 0. The zero-order valence-corrected chi connectivity index (χ0v) is 11.3. The van der Waals surface area contributed by atoms with E-state index in [9.17, 15) is 4.79 Å². The van der Waals surface area contributed by atoms with Crippen molar-refractivity contribution in [1.29, 1.82) is 0 Å². The first kappa shape index (κ1) is 13.7. The number of rotatable bonds is 4. The molecule has 0 aliphatic carbocycles. The van der Waals surface area contributed by atoms with Crippen molar-refractivity contribution in [1.82, 2.24) is 9.97 Å². The number of anilines is 1. The monoisotopic (exact) mass is 265 g/mol. The van der Waals surface area contributed by atoms with Crippen molar-refractivity contribution < 1.29 is 14.3 Å². The molecule has 0 amide bonds. The Labute approximate surface area is 112 Å². The summed E-state index contributed by atoms with van der Waals surface area (Å²) in [5.41, 5.74) is 0.243. The van der Waals surface area contributed by atoms with E-state index in [1.807, 2.05) is 6.92 Å². The zero-order valence-electron chi connectivity index (χ0n) is 11.3. The molecule has 0 spiro atoms. The van der Waals surface area contributed by atoms with Gasteiger partial charge in [0.05, 0.1) is 25.6 Å². The first-order valence-electron chi connectivity index (χ1n) is 6.51. The van der Waals surface area contributed by atoms with Gasteiger partial charge in [-0.2, -0.15) is 0 Å². The number of nitrogens with zero attached hydrogens (tertiary/aromatic N) is 3. The lowest BCUT2D eigenvalue weighted by Crippen LogP contribution is -2.37. The second-order valence-corrected chi connectivity index (χ2v) is 4.40. The van der Waals surface area contributed by atoms with Crippen molar-refractivity contribution in [3.8, 4) is 0 Å². The third-order valence-corrected chi connectivity index (χ3v) is 3.18. The molecule has 0 N–H and O–H groups in total. The van der Waals surface area contributed by atoms with Crippen LogP contribution in [0.1, 0.15) is 30.3 Å². The van der Waals surface area contributed by atoms with Gasteiger partial charge in [-0.3, -0.25) is 4.98 Å². The fourth-order valence-electron chi connectivity index (χ4n) is 2.20. The third kappa shape index (κ3) is 3.41. The van der Waals surface area contributed by atoms with Gasteiger partial charge in [-0.1, -0.05) is 0 Å². The standard InChI is InChI=1S/C13H19N3O3/c1-3-19-10-4-6-16(7-5-10)12-9-14-8-11(15-12)13(17)18-2/h8-10H,3-7H2,1-2H3. The van der Waals surface area contributed by atoms with Gasteiger partial charge in [0.15, 0.2) is 5.69 Å². The Bertz CT molecular complexity index is 431. The quantitative estimate of drug-likeness (QED) is 0.764. The molecule has 19 heavy (non-hydrogen) atoms. The largest absolute Gasteiger partial charge is 0.464 e. The summed E-state index contributed by atoms with van der Waals surface area (Å²) in [4.78, 5) is 21.9. The van der Waals surface area contributed by atoms with Crippen molar-refractivity contribution in [3.63, 3.8) is 0 Å². The van der Waals surface area contributed by atoms with Crippen LogP contribution in [0.2, 0.25) is 0 Å². The van der Waals surface area contributed by atoms with Crippen LogP contribution in [0.3, 0.4) is 0 Å². The summed E-state index contributed by atoms with van der Waals surface area (Å²) in [6.07, 6.45) is 5.36. The molecule has 1 aromatic rings. The highest BCUT2D eigenvalue weighted by Gasteiger charge is 2.21. The van der Waals surface area contributed by atoms with E-state index in [-0.39, 0.29) is 5.69 Å². The lowest BCUT2D eigenvalue weighted by molar-refractivity contribution is 0.0457. The van der Waals surface area contributed by atoms with E-state index < -0.39 is 5.97 Å². The van der Waals surface area contributed by atoms with Crippen LogP contribution in [0.5, 0.6) is 0 Å². The van der Waals surface area contributed by atoms with Gasteiger partial charge in [-0.15, -0.1) is 0 Å². The molecule has 0 aromatic carbocycles. The molecule has 6 nitrogen and oxygen atoms in total. The lowest BCUT2D eigenvalue weighted by atomic mass is 10.1. The molecule has 1 aromatic heterocycles. The first-order chi connectivity index (χ1) is 9.24. The SMILES string of the molecule is CCOC1CCN(c2cncc(C(=O)OC)n2)CC1. The molecule has 1 aliphatic heterocycles. The van der Waals surface area contributed by atoms with E-state index in [1.54, 1.807) is 6.20 Å². The molecule has 2 rings (SSSR count). The van der Waals surface area contributed by atoms with Gasteiger partial charge < -0.3 is 14.4 Å². The summed E-state index contributed by atoms with van der Waals surface area (Å²) in [5, 5.41) is 0. The summed E-state index contributed by atoms with van der Waals surface area (Å²) >= 11 is 0. The van der Waals surface area contributed by atoms with Gasteiger partial charge in [0.2, 0.25) is 0 Å². The average molecular weight is 265 g/mol. The van der Waals surface area contributed by atoms with Gasteiger partial charge >= 0.3 is 5.97 Å². The molecule has 1 saturated heterocycles. The Morgan fingerprint density at radius 1 is 1.42 bits per heavy atom. The minimum atomic E-state index is -0.460. The number of piperidine rings is 1. The van der Waals surface area contributed by atoms with Gasteiger partial charge in [-0.05, 0) is 19.8 Å². The van der Waals surface area contributed by atoms with Crippen LogP contribution in [0.4, 0.5) is 5.82 Å². The van der Waals surface area contributed by atoms with Gasteiger partial charge in [0, 0.05) is 19.7 Å². The summed E-state index contributed by atoms with van der Waals surface area (Å²) in [6, 6.07) is 0. The Morgan fingerprint density at radius 2 is 2.16 bits per heavy atom. The van der Waals surface area contributed by atoms with Crippen LogP contribution in [0.25, 0.3) is 0 Å². The van der Waals surface area contributed by atoms with Crippen LogP contribution in [-0.4, -0.2) is 48.8 Å². The summed E-state index contributed by atoms with van der Waals surface area (Å²) in [5.74, 6) is 0.261. The lowest BCUT2D eigenvalue weighted by Gasteiger charge is -2.32. The third-order valence-electron chi connectivity index (χ3n) is 3.18. The van der Waals surface area contributed by atoms with Crippen LogP contribution < -0.4 is 4.90 Å². The summed E-state index contributed by atoms with van der Waals surface area (Å²) < 4.78 is 10.3. The highest BCUT2D eigenvalue weighted by Crippen LogP contribution is 2.19. The second-order valence-electron chi connectivity index (χ2n) is 4.40. The number of hydrogen-bond acceptors (Lipinski definition) is 6. The predicted octanol–water partition coefficient (Wildman–Crippen LogP) is 1.27. The highest BCUT2D eigenvalue weighted by atomic mass is 16.5. The summed E-state index contributed by atoms with van der Waals surface area (Å²) in [7, 11) is 1.34. The molecule has 0 saturated carbocycles. The number of carbonyl (C=O) groups is 1. The molecule has 0 atom stereocenters. The van der Waals surface area contributed by atoms with Crippen LogP contribution in [0, 0.1) is 0 Å². The fourth-order valence-corrected chi connectivity index (χ4v) is 2.20. The minimum Gasteiger partial charge on any atom is -0.464 e. The Balaban J connectivity index is 2.01. The highest BCUT2D eigenvalue weighted by molar-refractivity contribution is 5.87.